The van der Waals surface area contributed by atoms with Crippen LogP contribution >= 0.6 is 11.8 Å². The summed E-state index contributed by atoms with van der Waals surface area (Å²) in [5.74, 6) is 0.532. The van der Waals surface area contributed by atoms with Gasteiger partial charge in [-0.15, -0.1) is 0 Å². The summed E-state index contributed by atoms with van der Waals surface area (Å²) in [5, 5.41) is 2.77. The lowest BCUT2D eigenvalue weighted by atomic mass is 10.2. The predicted molar refractivity (Wildman–Crippen MR) is 122 cm³/mol. The van der Waals surface area contributed by atoms with Crippen LogP contribution < -0.4 is 10.0 Å². The first-order valence-corrected chi connectivity index (χ1v) is 12.3. The molecular weight excluding hydrogens is 435 g/mol. The van der Waals surface area contributed by atoms with Crippen molar-refractivity contribution in [1.29, 1.82) is 0 Å². The molecule has 0 heterocycles. The minimum Gasteiger partial charge on any atom is -0.351 e. The average molecular weight is 459 g/mol. The number of hydrogen-bond acceptors (Lipinski definition) is 4. The van der Waals surface area contributed by atoms with Crippen LogP contribution in [0, 0.1) is 5.82 Å². The Morgan fingerprint density at radius 3 is 2.45 bits per heavy atom. The molecule has 3 aromatic carbocycles. The highest BCUT2D eigenvalue weighted by Crippen LogP contribution is 2.15. The second-order valence-corrected chi connectivity index (χ2v) is 9.61. The van der Waals surface area contributed by atoms with E-state index in [1.54, 1.807) is 30.3 Å². The highest BCUT2D eigenvalue weighted by Gasteiger charge is 2.16. The average Bonchev–Trinajstić information content (AvgIpc) is 2.79. The van der Waals surface area contributed by atoms with Gasteiger partial charge in [-0.25, -0.2) is 17.5 Å². The number of amides is 1. The van der Waals surface area contributed by atoms with Crippen molar-refractivity contribution in [2.45, 2.75) is 17.2 Å². The van der Waals surface area contributed by atoms with E-state index in [2.05, 4.69) is 10.0 Å². The lowest BCUT2D eigenvalue weighted by Crippen LogP contribution is -2.27. The van der Waals surface area contributed by atoms with E-state index in [1.165, 1.54) is 30.0 Å². The second-order valence-electron chi connectivity index (χ2n) is 6.74. The Morgan fingerprint density at radius 2 is 1.68 bits per heavy atom. The highest BCUT2D eigenvalue weighted by atomic mass is 32.2. The van der Waals surface area contributed by atoms with Crippen molar-refractivity contribution in [2.24, 2.45) is 0 Å². The predicted octanol–water partition coefficient (Wildman–Crippen LogP) is 3.97. The summed E-state index contributed by atoms with van der Waals surface area (Å²) in [4.78, 5) is 12.4. The highest BCUT2D eigenvalue weighted by molar-refractivity contribution is 7.98. The van der Waals surface area contributed by atoms with Gasteiger partial charge in [0, 0.05) is 30.2 Å². The van der Waals surface area contributed by atoms with Crippen molar-refractivity contribution in [3.63, 3.8) is 0 Å². The van der Waals surface area contributed by atoms with Gasteiger partial charge in [0.15, 0.2) is 0 Å². The topological polar surface area (TPSA) is 75.3 Å². The maximum Gasteiger partial charge on any atom is 0.251 e. The molecule has 5 nitrogen and oxygen atoms in total. The van der Waals surface area contributed by atoms with Crippen molar-refractivity contribution in [3.05, 3.63) is 101 Å². The number of sulfonamides is 1. The standard InChI is InChI=1S/C23H23FN2O3S2/c24-22-12-5-4-9-20(22)17-30-14-13-25-23(27)19-10-6-11-21(15-19)31(28,29)26-16-18-7-2-1-3-8-18/h1-12,15,26H,13-14,16-17H2,(H,25,27). The Labute approximate surface area is 186 Å². The smallest absolute Gasteiger partial charge is 0.251 e. The van der Waals surface area contributed by atoms with Gasteiger partial charge < -0.3 is 5.32 Å². The van der Waals surface area contributed by atoms with Crippen molar-refractivity contribution >= 4 is 27.7 Å². The van der Waals surface area contributed by atoms with E-state index >= 15 is 0 Å². The number of carbonyl (C=O) groups is 1. The molecule has 1 amide bonds. The van der Waals surface area contributed by atoms with Crippen LogP contribution in [0.15, 0.2) is 83.8 Å². The minimum absolute atomic E-state index is 0.0324. The zero-order valence-electron chi connectivity index (χ0n) is 16.8. The largest absolute Gasteiger partial charge is 0.351 e. The summed E-state index contributed by atoms with van der Waals surface area (Å²) in [6.07, 6.45) is 0. The number of halogens is 1. The van der Waals surface area contributed by atoms with Crippen molar-refractivity contribution in [1.82, 2.24) is 10.0 Å². The minimum atomic E-state index is -3.75. The summed E-state index contributed by atoms with van der Waals surface area (Å²) >= 11 is 1.51. The van der Waals surface area contributed by atoms with Crippen molar-refractivity contribution in [2.75, 3.05) is 12.3 Å². The van der Waals surface area contributed by atoms with Crippen LogP contribution in [0.2, 0.25) is 0 Å². The number of carbonyl (C=O) groups excluding carboxylic acids is 1. The van der Waals surface area contributed by atoms with Crippen molar-refractivity contribution < 1.29 is 17.6 Å². The third-order valence-corrected chi connectivity index (χ3v) is 6.87. The molecule has 0 atom stereocenters. The van der Waals surface area contributed by atoms with Gasteiger partial charge in [-0.1, -0.05) is 54.6 Å². The van der Waals surface area contributed by atoms with E-state index in [-0.39, 0.29) is 28.7 Å². The van der Waals surface area contributed by atoms with E-state index in [0.29, 0.717) is 23.6 Å². The Balaban J connectivity index is 1.50. The lowest BCUT2D eigenvalue weighted by molar-refractivity contribution is 0.0956. The number of hydrogen-bond donors (Lipinski definition) is 2. The van der Waals surface area contributed by atoms with E-state index in [1.807, 2.05) is 30.3 Å². The van der Waals surface area contributed by atoms with Crippen molar-refractivity contribution in [3.8, 4) is 0 Å². The molecule has 3 aromatic rings. The molecule has 0 aromatic heterocycles. The van der Waals surface area contributed by atoms with Gasteiger partial charge in [-0.05, 0) is 35.4 Å². The monoisotopic (exact) mass is 458 g/mol. The van der Waals surface area contributed by atoms with Gasteiger partial charge in [0.1, 0.15) is 5.82 Å². The molecule has 0 fully saturated rings. The molecule has 2 N–H and O–H groups in total. The normalized spacial score (nSPS) is 11.3. The fraction of sp³-hybridized carbons (Fsp3) is 0.174. The molecule has 8 heteroatoms. The third kappa shape index (κ3) is 6.92. The molecular formula is C23H23FN2O3S2. The first-order chi connectivity index (χ1) is 15.0. The zero-order chi connectivity index (χ0) is 22.1. The van der Waals surface area contributed by atoms with Crippen LogP contribution in [-0.2, 0) is 22.3 Å². The summed E-state index contributed by atoms with van der Waals surface area (Å²) in [6, 6.07) is 21.7. The van der Waals surface area contributed by atoms with Crippen LogP contribution in [-0.4, -0.2) is 26.6 Å². The molecule has 0 radical (unpaired) electrons. The number of thioether (sulfide) groups is 1. The van der Waals surface area contributed by atoms with Crippen LogP contribution in [0.1, 0.15) is 21.5 Å². The Morgan fingerprint density at radius 1 is 0.935 bits per heavy atom. The van der Waals surface area contributed by atoms with E-state index in [4.69, 9.17) is 0 Å². The van der Waals surface area contributed by atoms with Crippen LogP contribution in [0.5, 0.6) is 0 Å². The van der Waals surface area contributed by atoms with Gasteiger partial charge in [-0.2, -0.15) is 11.8 Å². The fourth-order valence-corrected chi connectivity index (χ4v) is 4.71. The second kappa shape index (κ2) is 11.1. The summed E-state index contributed by atoms with van der Waals surface area (Å²) in [5.41, 5.74) is 1.73. The van der Waals surface area contributed by atoms with Gasteiger partial charge in [0.2, 0.25) is 10.0 Å². The molecule has 31 heavy (non-hydrogen) atoms. The molecule has 0 aliphatic rings. The van der Waals surface area contributed by atoms with E-state index in [0.717, 1.165) is 5.56 Å². The third-order valence-electron chi connectivity index (χ3n) is 4.46. The fourth-order valence-electron chi connectivity index (χ4n) is 2.80. The first kappa shape index (κ1) is 23.0. The number of nitrogens with one attached hydrogen (secondary N) is 2. The molecule has 0 aliphatic carbocycles. The SMILES string of the molecule is O=C(NCCSCc1ccccc1F)c1cccc(S(=O)(=O)NCc2ccccc2)c1. The molecule has 0 bridgehead atoms. The molecule has 0 aliphatic heterocycles. The van der Waals surface area contributed by atoms with Gasteiger partial charge in [0.25, 0.3) is 5.91 Å². The number of rotatable bonds is 10. The molecule has 0 unspecified atom stereocenters. The van der Waals surface area contributed by atoms with E-state index in [9.17, 15) is 17.6 Å². The van der Waals surface area contributed by atoms with Crippen LogP contribution in [0.25, 0.3) is 0 Å². The molecule has 0 saturated carbocycles. The summed E-state index contributed by atoms with van der Waals surface area (Å²) in [7, 11) is -3.75. The lowest BCUT2D eigenvalue weighted by Gasteiger charge is -2.09. The molecule has 0 saturated heterocycles. The van der Waals surface area contributed by atoms with E-state index < -0.39 is 10.0 Å². The molecule has 162 valence electrons. The van der Waals surface area contributed by atoms with Gasteiger partial charge in [-0.3, -0.25) is 4.79 Å². The Hall–Kier alpha value is -2.68. The van der Waals surface area contributed by atoms with Gasteiger partial charge >= 0.3 is 0 Å². The quantitative estimate of drug-likeness (QED) is 0.451. The maximum atomic E-state index is 13.6. The summed E-state index contributed by atoms with van der Waals surface area (Å²) < 4.78 is 41.3. The number of benzene rings is 3. The Kier molecular flexibility index (Phi) is 8.22. The maximum absolute atomic E-state index is 13.6. The van der Waals surface area contributed by atoms with Gasteiger partial charge in [0.05, 0.1) is 4.90 Å². The summed E-state index contributed by atoms with van der Waals surface area (Å²) in [6.45, 7) is 0.556. The molecule has 3 rings (SSSR count). The zero-order valence-corrected chi connectivity index (χ0v) is 18.4. The van der Waals surface area contributed by atoms with Crippen LogP contribution in [0.3, 0.4) is 0 Å². The Bertz CT molecular complexity index is 1120. The molecule has 0 spiro atoms. The van der Waals surface area contributed by atoms with Crippen LogP contribution in [0.4, 0.5) is 4.39 Å². The first-order valence-electron chi connectivity index (χ1n) is 9.69.